The number of piperazine rings is 1. The molecule has 1 saturated heterocycles. The van der Waals surface area contributed by atoms with E-state index in [0.717, 1.165) is 16.9 Å². The molecule has 0 aromatic heterocycles. The maximum Gasteiger partial charge on any atom is 0.317 e. The minimum Gasteiger partial charge on any atom is -0.496 e. The first kappa shape index (κ1) is 19.9. The Labute approximate surface area is 155 Å². The Kier molecular flexibility index (Phi) is 6.71. The molecule has 1 aliphatic heterocycles. The molecule has 3 amide bonds. The van der Waals surface area contributed by atoms with Gasteiger partial charge in [0.15, 0.2) is 0 Å². The molecule has 1 aliphatic rings. The maximum atomic E-state index is 12.7. The van der Waals surface area contributed by atoms with Crippen LogP contribution in [-0.2, 0) is 11.2 Å². The van der Waals surface area contributed by atoms with Crippen LogP contribution in [0.25, 0.3) is 0 Å². The zero-order valence-corrected chi connectivity index (χ0v) is 16.3. The third-order valence-electron chi connectivity index (χ3n) is 4.47. The monoisotopic (exact) mass is 363 g/mol. The second kappa shape index (κ2) is 8.78. The first-order valence-corrected chi connectivity index (χ1v) is 8.90. The van der Waals surface area contributed by atoms with Gasteiger partial charge in [-0.15, -0.1) is 0 Å². The molecule has 0 spiro atoms. The number of ether oxygens (including phenoxy) is 2. The van der Waals surface area contributed by atoms with Crippen molar-refractivity contribution in [2.45, 2.75) is 33.2 Å². The number of amides is 3. The number of carbonyl (C=O) groups excluding carboxylic acids is 2. The Morgan fingerprint density at radius 1 is 1.04 bits per heavy atom. The highest BCUT2D eigenvalue weighted by Crippen LogP contribution is 2.29. The summed E-state index contributed by atoms with van der Waals surface area (Å²) in [6.45, 7) is 7.96. The van der Waals surface area contributed by atoms with Crippen molar-refractivity contribution in [2.24, 2.45) is 0 Å². The first-order chi connectivity index (χ1) is 12.3. The van der Waals surface area contributed by atoms with E-state index in [0.29, 0.717) is 31.9 Å². The Morgan fingerprint density at radius 3 is 2.15 bits per heavy atom. The van der Waals surface area contributed by atoms with Gasteiger partial charge in [0.05, 0.1) is 20.6 Å². The predicted octanol–water partition coefficient (Wildman–Crippen LogP) is 1.82. The van der Waals surface area contributed by atoms with Crippen LogP contribution in [0.2, 0.25) is 0 Å². The smallest absolute Gasteiger partial charge is 0.317 e. The minimum absolute atomic E-state index is 0.0260. The van der Waals surface area contributed by atoms with Crippen molar-refractivity contribution in [2.75, 3.05) is 40.4 Å². The molecule has 0 unspecified atom stereocenters. The average molecular weight is 363 g/mol. The van der Waals surface area contributed by atoms with Crippen LogP contribution in [0.4, 0.5) is 4.79 Å². The van der Waals surface area contributed by atoms with Gasteiger partial charge in [0.1, 0.15) is 11.5 Å². The Morgan fingerprint density at radius 2 is 1.62 bits per heavy atom. The van der Waals surface area contributed by atoms with E-state index < -0.39 is 0 Å². The van der Waals surface area contributed by atoms with Crippen LogP contribution >= 0.6 is 0 Å². The molecule has 7 heteroatoms. The van der Waals surface area contributed by atoms with Gasteiger partial charge in [-0.2, -0.15) is 0 Å². The summed E-state index contributed by atoms with van der Waals surface area (Å²) >= 11 is 0. The summed E-state index contributed by atoms with van der Waals surface area (Å²) in [4.78, 5) is 28.3. The molecule has 2 rings (SSSR count). The molecule has 1 aromatic carbocycles. The van der Waals surface area contributed by atoms with Crippen molar-refractivity contribution in [3.8, 4) is 11.5 Å². The quantitative estimate of drug-likeness (QED) is 0.866. The van der Waals surface area contributed by atoms with Crippen LogP contribution in [-0.4, -0.2) is 68.2 Å². The molecule has 144 valence electrons. The predicted molar refractivity (Wildman–Crippen MR) is 99.8 cm³/mol. The molecule has 1 aromatic rings. The highest BCUT2D eigenvalue weighted by Gasteiger charge is 2.25. The zero-order valence-electron chi connectivity index (χ0n) is 16.3. The van der Waals surface area contributed by atoms with Crippen LogP contribution in [0.15, 0.2) is 12.1 Å². The van der Waals surface area contributed by atoms with E-state index in [9.17, 15) is 9.59 Å². The number of hydrogen-bond donors (Lipinski definition) is 1. The summed E-state index contributed by atoms with van der Waals surface area (Å²) < 4.78 is 10.8. The van der Waals surface area contributed by atoms with Gasteiger partial charge >= 0.3 is 6.03 Å². The summed E-state index contributed by atoms with van der Waals surface area (Å²) in [7, 11) is 3.21. The van der Waals surface area contributed by atoms with Crippen LogP contribution in [0.1, 0.15) is 25.0 Å². The molecule has 0 bridgehead atoms. The van der Waals surface area contributed by atoms with Gasteiger partial charge in [-0.25, -0.2) is 4.79 Å². The van der Waals surface area contributed by atoms with E-state index in [2.05, 4.69) is 5.32 Å². The molecule has 26 heavy (non-hydrogen) atoms. The van der Waals surface area contributed by atoms with Crippen molar-refractivity contribution in [1.29, 1.82) is 0 Å². The second-order valence-corrected chi connectivity index (χ2v) is 6.78. The summed E-state index contributed by atoms with van der Waals surface area (Å²) in [5.41, 5.74) is 1.77. The van der Waals surface area contributed by atoms with Crippen LogP contribution in [0.3, 0.4) is 0 Å². The molecule has 0 saturated carbocycles. The van der Waals surface area contributed by atoms with Gasteiger partial charge in [-0.3, -0.25) is 4.79 Å². The van der Waals surface area contributed by atoms with Gasteiger partial charge in [0, 0.05) is 37.8 Å². The Bertz CT molecular complexity index is 652. The summed E-state index contributed by atoms with van der Waals surface area (Å²) in [5.74, 6) is 1.45. The van der Waals surface area contributed by atoms with Crippen LogP contribution in [0.5, 0.6) is 11.5 Å². The number of rotatable bonds is 5. The highest BCUT2D eigenvalue weighted by atomic mass is 16.5. The van der Waals surface area contributed by atoms with E-state index >= 15 is 0 Å². The van der Waals surface area contributed by atoms with Crippen LogP contribution < -0.4 is 14.8 Å². The molecule has 0 aliphatic carbocycles. The van der Waals surface area contributed by atoms with E-state index in [1.165, 1.54) is 0 Å². The number of carbonyl (C=O) groups is 2. The van der Waals surface area contributed by atoms with Crippen molar-refractivity contribution >= 4 is 11.9 Å². The first-order valence-electron chi connectivity index (χ1n) is 8.90. The summed E-state index contributed by atoms with van der Waals surface area (Å²) in [5, 5.41) is 2.88. The van der Waals surface area contributed by atoms with Gasteiger partial charge in [-0.05, 0) is 38.5 Å². The SMILES string of the molecule is COc1cc(CC(=O)N2CCN(C(=O)NC(C)C)CC2)c(OC)cc1C. The van der Waals surface area contributed by atoms with Gasteiger partial charge in [0.25, 0.3) is 0 Å². The van der Waals surface area contributed by atoms with Crippen molar-refractivity contribution in [3.05, 3.63) is 23.3 Å². The fourth-order valence-electron chi connectivity index (χ4n) is 3.02. The number of aryl methyl sites for hydroxylation is 1. The lowest BCUT2D eigenvalue weighted by molar-refractivity contribution is -0.131. The normalized spacial score (nSPS) is 14.4. The van der Waals surface area contributed by atoms with E-state index in [1.54, 1.807) is 24.0 Å². The summed E-state index contributed by atoms with van der Waals surface area (Å²) in [6.07, 6.45) is 0.248. The molecule has 1 N–H and O–H groups in total. The van der Waals surface area contributed by atoms with E-state index in [-0.39, 0.29) is 24.4 Å². The molecule has 0 atom stereocenters. The fourth-order valence-corrected chi connectivity index (χ4v) is 3.02. The molecular weight excluding hydrogens is 334 g/mol. The number of benzene rings is 1. The molecule has 1 fully saturated rings. The van der Waals surface area contributed by atoms with E-state index in [4.69, 9.17) is 9.47 Å². The van der Waals surface area contributed by atoms with Crippen LogP contribution in [0, 0.1) is 6.92 Å². The number of hydrogen-bond acceptors (Lipinski definition) is 4. The maximum absolute atomic E-state index is 12.7. The fraction of sp³-hybridized carbons (Fsp3) is 0.579. The average Bonchev–Trinajstić information content (AvgIpc) is 2.62. The molecule has 0 radical (unpaired) electrons. The number of nitrogens with one attached hydrogen (secondary N) is 1. The third kappa shape index (κ3) is 4.80. The Balaban J connectivity index is 1.98. The highest BCUT2D eigenvalue weighted by molar-refractivity contribution is 5.80. The van der Waals surface area contributed by atoms with Crippen molar-refractivity contribution in [3.63, 3.8) is 0 Å². The standard InChI is InChI=1S/C19H29N3O4/c1-13(2)20-19(24)22-8-6-21(7-9-22)18(23)12-15-11-16(25-4)14(3)10-17(15)26-5/h10-11,13H,6-9,12H2,1-5H3,(H,20,24). The number of urea groups is 1. The lowest BCUT2D eigenvalue weighted by atomic mass is 10.1. The molecule has 7 nitrogen and oxygen atoms in total. The van der Waals surface area contributed by atoms with Gasteiger partial charge in [0.2, 0.25) is 5.91 Å². The third-order valence-corrected chi connectivity index (χ3v) is 4.47. The number of methoxy groups -OCH3 is 2. The lowest BCUT2D eigenvalue weighted by Crippen LogP contribution is -2.54. The topological polar surface area (TPSA) is 71.1 Å². The van der Waals surface area contributed by atoms with Crippen molar-refractivity contribution < 1.29 is 19.1 Å². The zero-order chi connectivity index (χ0) is 19.3. The largest absolute Gasteiger partial charge is 0.496 e. The second-order valence-electron chi connectivity index (χ2n) is 6.78. The lowest BCUT2D eigenvalue weighted by Gasteiger charge is -2.35. The number of nitrogens with zero attached hydrogens (tertiary/aromatic N) is 2. The van der Waals surface area contributed by atoms with E-state index in [1.807, 2.05) is 32.9 Å². The van der Waals surface area contributed by atoms with Gasteiger partial charge < -0.3 is 24.6 Å². The Hall–Kier alpha value is -2.44. The molecule has 1 heterocycles. The summed E-state index contributed by atoms with van der Waals surface area (Å²) in [6, 6.07) is 3.77. The van der Waals surface area contributed by atoms with Crippen molar-refractivity contribution in [1.82, 2.24) is 15.1 Å². The molecular formula is C19H29N3O4. The van der Waals surface area contributed by atoms with Gasteiger partial charge in [-0.1, -0.05) is 0 Å². The minimum atomic E-state index is -0.0722.